The predicted octanol–water partition coefficient (Wildman–Crippen LogP) is 4.53. The third-order valence-corrected chi connectivity index (χ3v) is 3.07. The highest BCUT2D eigenvalue weighted by Crippen LogP contribution is 2.50. The first kappa shape index (κ1) is 6.20. The van der Waals surface area contributed by atoms with Crippen LogP contribution in [0, 0.1) is 5.89 Å². The molecule has 2 rings (SSSR count). The fraction of sp³-hybridized carbons (Fsp3) is 1.00. The molecule has 1 nitrogen and oxygen atoms in total. The van der Waals surface area contributed by atoms with Gasteiger partial charge in [-0.15, -0.1) is 0 Å². The van der Waals surface area contributed by atoms with E-state index >= 15 is 0 Å². The molecule has 0 aliphatic heterocycles. The van der Waals surface area contributed by atoms with Gasteiger partial charge in [-0.25, -0.2) is 0 Å². The van der Waals surface area contributed by atoms with E-state index in [1.807, 2.05) is 0 Å². The maximum Gasteiger partial charge on any atom is 0.312 e. The first-order valence-electron chi connectivity index (χ1n) is 11.4. The monoisotopic (exact) mass is 293 g/mol. The summed E-state index contributed by atoms with van der Waals surface area (Å²) in [6.45, 7) is 0. The number of aliphatic hydroxyl groups is 1. The molecule has 0 amide bonds. The molecule has 2 saturated carbocycles. The van der Waals surface area contributed by atoms with Crippen molar-refractivity contribution >= 4 is 0 Å². The fourth-order valence-electron chi connectivity index (χ4n) is 2.01. The number of alkyl halides is 4. The largest absolute Gasteiger partial charge is 0.389 e. The molecule has 2 fully saturated rings. The van der Waals surface area contributed by atoms with Crippen molar-refractivity contribution in [2.75, 3.05) is 0 Å². The molecule has 0 aromatic carbocycles. The lowest BCUT2D eigenvalue weighted by Crippen LogP contribution is -2.47. The first-order chi connectivity index (χ1) is 13.0. The summed E-state index contributed by atoms with van der Waals surface area (Å²) >= 11 is 0. The van der Waals surface area contributed by atoms with E-state index < -0.39 is 68.0 Å². The van der Waals surface area contributed by atoms with Crippen molar-refractivity contribution in [2.24, 2.45) is 5.89 Å². The van der Waals surface area contributed by atoms with Crippen LogP contribution in [0.15, 0.2) is 0 Å². The molecule has 19 heavy (non-hydrogen) atoms. The second-order valence-corrected chi connectivity index (χ2v) is 4.58. The van der Waals surface area contributed by atoms with Gasteiger partial charge in [-0.3, -0.25) is 0 Å². The van der Waals surface area contributed by atoms with Gasteiger partial charge < -0.3 is 5.11 Å². The Bertz CT molecular complexity index is 674. The Morgan fingerprint density at radius 2 is 1.68 bits per heavy atom. The smallest absolute Gasteiger partial charge is 0.312 e. The van der Waals surface area contributed by atoms with Crippen LogP contribution in [0.4, 0.5) is 17.6 Å². The molecule has 0 heterocycles. The van der Waals surface area contributed by atoms with Crippen molar-refractivity contribution in [2.45, 2.75) is 81.4 Å². The third-order valence-electron chi connectivity index (χ3n) is 3.07. The molecule has 0 bridgehead atoms. The molecular weight excluding hydrogens is 260 g/mol. The second-order valence-electron chi connectivity index (χ2n) is 4.58. The minimum absolute atomic E-state index is 0.0377. The zero-order valence-electron chi connectivity index (χ0n) is 21.0. The molecule has 0 aromatic rings. The highest BCUT2D eigenvalue weighted by molar-refractivity contribution is 4.99. The predicted molar refractivity (Wildman–Crippen MR) is 64.5 cm³/mol. The van der Waals surface area contributed by atoms with Crippen LogP contribution in [0.3, 0.4) is 0 Å². The molecule has 2 aliphatic carbocycles. The van der Waals surface area contributed by atoms with Crippen LogP contribution in [-0.2, 0) is 0 Å². The van der Waals surface area contributed by atoms with Gasteiger partial charge in [0.15, 0.2) is 0 Å². The molecular formula is C14H22F4O. The Kier molecular flexibility index (Phi) is 1.71. The van der Waals surface area contributed by atoms with E-state index in [1.165, 1.54) is 0 Å². The van der Waals surface area contributed by atoms with Gasteiger partial charge in [-0.1, -0.05) is 25.7 Å². The summed E-state index contributed by atoms with van der Waals surface area (Å²) < 4.78 is 145. The van der Waals surface area contributed by atoms with Gasteiger partial charge in [0, 0.05) is 27.8 Å². The lowest BCUT2D eigenvalue weighted by Gasteiger charge is -2.37. The normalized spacial score (nSPS) is 65.0. The van der Waals surface area contributed by atoms with Crippen LogP contribution in [0.5, 0.6) is 0 Å². The number of hydrogen-bond acceptors (Lipinski definition) is 1. The Morgan fingerprint density at radius 3 is 2.42 bits per heavy atom. The molecule has 2 aliphatic rings. The van der Waals surface area contributed by atoms with Crippen LogP contribution in [-0.4, -0.2) is 22.6 Å². The van der Waals surface area contributed by atoms with Crippen LogP contribution < -0.4 is 0 Å². The number of halogens is 4. The standard InChI is InChI=1S/C14H22F4O/c15-13(16)9-5-8-12(19,10-14(13,17)18)11-6-3-1-2-4-7-11/h11,19H,1-10H2/i5D2,6D2,8D2,9D2,10D2,11D. The number of hydrogen-bond donors (Lipinski definition) is 1. The van der Waals surface area contributed by atoms with E-state index in [0.717, 1.165) is 0 Å². The highest BCUT2D eigenvalue weighted by atomic mass is 19.3. The summed E-state index contributed by atoms with van der Waals surface area (Å²) in [5.41, 5.74) is -4.72. The molecule has 112 valence electrons. The molecule has 0 aromatic heterocycles. The maximum atomic E-state index is 14.9. The average Bonchev–Trinajstić information content (AvgIpc) is 2.71. The summed E-state index contributed by atoms with van der Waals surface area (Å²) in [5.74, 6) is -15.9. The summed E-state index contributed by atoms with van der Waals surface area (Å²) in [5, 5.41) is 11.2. The van der Waals surface area contributed by atoms with Gasteiger partial charge in [-0.05, 0) is 31.4 Å². The highest BCUT2D eigenvalue weighted by Gasteiger charge is 2.61. The minimum Gasteiger partial charge on any atom is -0.389 e. The van der Waals surface area contributed by atoms with Crippen LogP contribution in [0.1, 0.15) is 79.0 Å². The minimum atomic E-state index is -6.22. The van der Waals surface area contributed by atoms with Crippen molar-refractivity contribution in [3.63, 3.8) is 0 Å². The van der Waals surface area contributed by atoms with E-state index in [4.69, 9.17) is 15.1 Å². The van der Waals surface area contributed by atoms with Crippen LogP contribution in [0.25, 0.3) is 0 Å². The van der Waals surface area contributed by atoms with Crippen molar-refractivity contribution in [3.8, 4) is 0 Å². The average molecular weight is 293 g/mol. The Morgan fingerprint density at radius 1 is 1.00 bits per heavy atom. The van der Waals surface area contributed by atoms with Gasteiger partial charge >= 0.3 is 11.8 Å². The van der Waals surface area contributed by atoms with Gasteiger partial charge in [0.05, 0.1) is 5.60 Å². The third kappa shape index (κ3) is 3.06. The quantitative estimate of drug-likeness (QED) is 0.556. The summed E-state index contributed by atoms with van der Waals surface area (Å²) in [7, 11) is 0. The van der Waals surface area contributed by atoms with Gasteiger partial charge in [-0.2, -0.15) is 17.6 Å². The van der Waals surface area contributed by atoms with Crippen LogP contribution in [0.2, 0.25) is 0 Å². The Balaban J connectivity index is 3.09. The van der Waals surface area contributed by atoms with Gasteiger partial charge in [0.2, 0.25) is 0 Å². The molecule has 2 unspecified atom stereocenters. The SMILES string of the molecule is [2H]C1([2H])CCCCCC1([2H])C1(O)C([2H])([2H])C([2H])([2H])C([2H])([2H])C(F)(F)C(F)(F)C1([2H])[2H]. The maximum absolute atomic E-state index is 14.9. The van der Waals surface area contributed by atoms with Crippen molar-refractivity contribution in [1.29, 1.82) is 0 Å². The molecule has 2 atom stereocenters. The number of rotatable bonds is 1. The summed E-state index contributed by atoms with van der Waals surface area (Å²) in [6.07, 6.45) is -24.1. The molecule has 5 heteroatoms. The molecule has 0 spiro atoms. The Hall–Kier alpha value is -0.320. The van der Waals surface area contributed by atoms with E-state index in [2.05, 4.69) is 0 Å². The Labute approximate surface area is 126 Å². The van der Waals surface area contributed by atoms with Crippen molar-refractivity contribution in [1.82, 2.24) is 0 Å². The lowest BCUT2D eigenvalue weighted by molar-refractivity contribution is -0.230. The fourth-order valence-corrected chi connectivity index (χ4v) is 2.01. The van der Waals surface area contributed by atoms with Crippen LogP contribution >= 0.6 is 0 Å². The van der Waals surface area contributed by atoms with Gasteiger partial charge in [0.25, 0.3) is 0 Å². The molecule has 0 radical (unpaired) electrons. The van der Waals surface area contributed by atoms with Crippen molar-refractivity contribution < 1.29 is 37.7 Å². The van der Waals surface area contributed by atoms with E-state index in [0.29, 0.717) is 0 Å². The second kappa shape index (κ2) is 5.23. The van der Waals surface area contributed by atoms with E-state index in [-0.39, 0.29) is 19.3 Å². The van der Waals surface area contributed by atoms with E-state index in [1.54, 1.807) is 0 Å². The molecule has 1 N–H and O–H groups in total. The zero-order chi connectivity index (χ0) is 24.0. The zero-order valence-corrected chi connectivity index (χ0v) is 9.99. The molecule has 0 saturated heterocycles. The first-order valence-corrected chi connectivity index (χ1v) is 5.94. The summed E-state index contributed by atoms with van der Waals surface area (Å²) in [6, 6.07) is 0. The van der Waals surface area contributed by atoms with E-state index in [9.17, 15) is 22.7 Å². The van der Waals surface area contributed by atoms with Crippen molar-refractivity contribution in [3.05, 3.63) is 0 Å². The lowest BCUT2D eigenvalue weighted by atomic mass is 9.76. The topological polar surface area (TPSA) is 20.2 Å². The summed E-state index contributed by atoms with van der Waals surface area (Å²) in [4.78, 5) is 0. The van der Waals surface area contributed by atoms with Gasteiger partial charge in [0.1, 0.15) is 0 Å².